The van der Waals surface area contributed by atoms with E-state index in [9.17, 15) is 13.2 Å². The largest absolute Gasteiger partial charge is 0.463 e. The van der Waals surface area contributed by atoms with Crippen LogP contribution in [0.25, 0.3) is 0 Å². The van der Waals surface area contributed by atoms with E-state index in [-0.39, 0.29) is 30.7 Å². The topological polar surface area (TPSA) is 162 Å². The summed E-state index contributed by atoms with van der Waals surface area (Å²) in [5.74, 6) is -0.167. The zero-order valence-electron chi connectivity index (χ0n) is 29.8. The van der Waals surface area contributed by atoms with Gasteiger partial charge in [-0.15, -0.1) is 0 Å². The average molecular weight is 741 g/mol. The lowest BCUT2D eigenvalue weighted by Crippen LogP contribution is -2.16. The van der Waals surface area contributed by atoms with Gasteiger partial charge in [-0.2, -0.15) is 8.42 Å². The molecule has 0 radical (unpaired) electrons. The third-order valence-electron chi connectivity index (χ3n) is 6.32. The molecule has 0 unspecified atom stereocenters. The van der Waals surface area contributed by atoms with Crippen molar-refractivity contribution >= 4 is 16.1 Å². The lowest BCUT2D eigenvalue weighted by atomic mass is 10.2. The first-order chi connectivity index (χ1) is 24.6. The molecule has 0 heterocycles. The number of ether oxygens (including phenoxy) is 11. The number of rotatable bonds is 39. The predicted molar refractivity (Wildman–Crippen MR) is 183 cm³/mol. The van der Waals surface area contributed by atoms with Crippen LogP contribution in [-0.2, 0) is 71.2 Å². The predicted octanol–water partition coefficient (Wildman–Crippen LogP) is 2.68. The second-order valence-corrected chi connectivity index (χ2v) is 12.0. The Morgan fingerprint density at radius 3 is 1.12 bits per heavy atom. The summed E-state index contributed by atoms with van der Waals surface area (Å²) < 4.78 is 88.3. The standard InChI is InChI=1S/C34H60O15S/c1-2-3-5-10-34(35)48-31-29-46-27-25-44-23-21-42-19-17-40-15-13-38-11-12-39-14-16-41-18-20-43-22-24-45-26-28-47-30-32-49-50(36,37)33-8-6-4-7-9-33/h4,6-9H,2-3,5,10-32H2,1H3. The second-order valence-electron chi connectivity index (χ2n) is 10.4. The maximum atomic E-state index is 12.0. The SMILES string of the molecule is CCCCCC(=O)OCCOCCOCCOCCOCCOCCOCCOCCOCCOCCOCCOS(=O)(=O)c1ccccc1. The van der Waals surface area contributed by atoms with Gasteiger partial charge in [-0.05, 0) is 18.6 Å². The Labute approximate surface area is 298 Å². The number of carbonyl (C=O) groups excluding carboxylic acids is 1. The minimum atomic E-state index is -3.76. The summed E-state index contributed by atoms with van der Waals surface area (Å²) in [5.41, 5.74) is 0. The smallest absolute Gasteiger partial charge is 0.305 e. The van der Waals surface area contributed by atoms with Crippen LogP contribution in [-0.4, -0.2) is 160 Å². The number of benzene rings is 1. The van der Waals surface area contributed by atoms with Gasteiger partial charge in [-0.3, -0.25) is 8.98 Å². The number of hydrogen-bond acceptors (Lipinski definition) is 15. The lowest BCUT2D eigenvalue weighted by molar-refractivity contribution is -0.145. The third-order valence-corrected chi connectivity index (χ3v) is 7.65. The van der Waals surface area contributed by atoms with Crippen molar-refractivity contribution in [3.05, 3.63) is 30.3 Å². The van der Waals surface area contributed by atoms with Crippen LogP contribution in [0, 0.1) is 0 Å². The van der Waals surface area contributed by atoms with E-state index >= 15 is 0 Å². The lowest BCUT2D eigenvalue weighted by Gasteiger charge is -2.09. The molecule has 0 spiro atoms. The van der Waals surface area contributed by atoms with E-state index in [1.165, 1.54) is 12.1 Å². The molecule has 0 fully saturated rings. The summed E-state index contributed by atoms with van der Waals surface area (Å²) in [7, 11) is -3.76. The van der Waals surface area contributed by atoms with Gasteiger partial charge in [0.25, 0.3) is 10.1 Å². The van der Waals surface area contributed by atoms with Crippen molar-refractivity contribution in [1.29, 1.82) is 0 Å². The first kappa shape index (κ1) is 46.2. The normalized spacial score (nSPS) is 11.7. The summed E-state index contributed by atoms with van der Waals surface area (Å²) >= 11 is 0. The number of hydrogen-bond donors (Lipinski definition) is 0. The molecule has 0 aliphatic rings. The zero-order valence-corrected chi connectivity index (χ0v) is 30.6. The highest BCUT2D eigenvalue weighted by molar-refractivity contribution is 7.86. The van der Waals surface area contributed by atoms with Crippen LogP contribution in [0.15, 0.2) is 35.2 Å². The van der Waals surface area contributed by atoms with E-state index < -0.39 is 10.1 Å². The molecule has 292 valence electrons. The molecule has 0 atom stereocenters. The molecule has 0 aromatic heterocycles. The highest BCUT2D eigenvalue weighted by Crippen LogP contribution is 2.10. The molecule has 15 nitrogen and oxygen atoms in total. The molecular formula is C34H60O15S. The summed E-state index contributed by atoms with van der Waals surface area (Å²) in [4.78, 5) is 11.6. The van der Waals surface area contributed by atoms with Crippen molar-refractivity contribution in [2.24, 2.45) is 0 Å². The maximum Gasteiger partial charge on any atom is 0.305 e. The molecule has 0 amide bonds. The molecule has 50 heavy (non-hydrogen) atoms. The van der Waals surface area contributed by atoms with Gasteiger partial charge < -0.3 is 52.1 Å². The van der Waals surface area contributed by atoms with Crippen LogP contribution in [0.1, 0.15) is 32.6 Å². The highest BCUT2D eigenvalue weighted by atomic mass is 32.2. The van der Waals surface area contributed by atoms with Crippen molar-refractivity contribution in [2.45, 2.75) is 37.5 Å². The van der Waals surface area contributed by atoms with E-state index in [1.807, 2.05) is 0 Å². The van der Waals surface area contributed by atoms with Gasteiger partial charge in [0.05, 0.1) is 144 Å². The number of carbonyl (C=O) groups is 1. The van der Waals surface area contributed by atoms with Gasteiger partial charge in [0.2, 0.25) is 0 Å². The Balaban J connectivity index is 1.66. The zero-order chi connectivity index (χ0) is 36.1. The second kappa shape index (κ2) is 35.6. The Hall–Kier alpha value is -1.80. The summed E-state index contributed by atoms with van der Waals surface area (Å²) in [6, 6.07) is 7.97. The average Bonchev–Trinajstić information content (AvgIpc) is 3.12. The first-order valence-corrected chi connectivity index (χ1v) is 18.8. The van der Waals surface area contributed by atoms with E-state index in [0.29, 0.717) is 132 Å². The van der Waals surface area contributed by atoms with Gasteiger partial charge in [-0.1, -0.05) is 38.0 Å². The van der Waals surface area contributed by atoms with Crippen molar-refractivity contribution in [3.8, 4) is 0 Å². The molecule has 0 aliphatic heterocycles. The maximum absolute atomic E-state index is 12.0. The quantitative estimate of drug-likeness (QED) is 0.0550. The first-order valence-electron chi connectivity index (χ1n) is 17.4. The van der Waals surface area contributed by atoms with Gasteiger partial charge in [0, 0.05) is 6.42 Å². The van der Waals surface area contributed by atoms with Crippen LogP contribution in [0.2, 0.25) is 0 Å². The van der Waals surface area contributed by atoms with E-state index in [1.54, 1.807) is 18.2 Å². The third kappa shape index (κ3) is 31.0. The highest BCUT2D eigenvalue weighted by Gasteiger charge is 2.13. The number of unbranched alkanes of at least 4 members (excludes halogenated alkanes) is 2. The molecule has 0 bridgehead atoms. The van der Waals surface area contributed by atoms with Crippen LogP contribution in [0.3, 0.4) is 0 Å². The van der Waals surface area contributed by atoms with Crippen molar-refractivity contribution in [1.82, 2.24) is 0 Å². The van der Waals surface area contributed by atoms with E-state index in [2.05, 4.69) is 6.92 Å². The van der Waals surface area contributed by atoms with Crippen molar-refractivity contribution < 1.29 is 69.5 Å². The fourth-order valence-electron chi connectivity index (χ4n) is 3.75. The van der Waals surface area contributed by atoms with Crippen molar-refractivity contribution in [3.63, 3.8) is 0 Å². The van der Waals surface area contributed by atoms with Crippen LogP contribution >= 0.6 is 0 Å². The molecule has 1 aromatic carbocycles. The molecular weight excluding hydrogens is 680 g/mol. The fraction of sp³-hybridized carbons (Fsp3) is 0.794. The van der Waals surface area contributed by atoms with Crippen LogP contribution in [0.4, 0.5) is 0 Å². The summed E-state index contributed by atoms with van der Waals surface area (Å²) in [6.45, 7) is 10.9. The van der Waals surface area contributed by atoms with Crippen LogP contribution < -0.4 is 0 Å². The fourth-order valence-corrected chi connectivity index (χ4v) is 4.66. The Morgan fingerprint density at radius 1 is 0.460 bits per heavy atom. The van der Waals surface area contributed by atoms with Gasteiger partial charge in [0.15, 0.2) is 0 Å². The number of esters is 1. The monoisotopic (exact) mass is 740 g/mol. The minimum absolute atomic E-state index is 0.0623. The molecule has 0 saturated heterocycles. The summed E-state index contributed by atoms with van der Waals surface area (Å²) in [5, 5.41) is 0. The molecule has 1 rings (SSSR count). The molecule has 1 aromatic rings. The van der Waals surface area contributed by atoms with E-state index in [0.717, 1.165) is 19.3 Å². The molecule has 0 aliphatic carbocycles. The van der Waals surface area contributed by atoms with Crippen molar-refractivity contribution in [2.75, 3.05) is 145 Å². The Bertz CT molecular complexity index is 969. The van der Waals surface area contributed by atoms with Gasteiger partial charge in [-0.25, -0.2) is 0 Å². The summed E-state index contributed by atoms with van der Waals surface area (Å²) in [6.07, 6.45) is 3.47. The molecule has 0 saturated carbocycles. The molecule has 16 heteroatoms. The Morgan fingerprint density at radius 2 is 0.780 bits per heavy atom. The van der Waals surface area contributed by atoms with Gasteiger partial charge in [0.1, 0.15) is 6.61 Å². The van der Waals surface area contributed by atoms with E-state index in [4.69, 9.17) is 56.3 Å². The van der Waals surface area contributed by atoms with Gasteiger partial charge >= 0.3 is 5.97 Å². The Kier molecular flexibility index (Phi) is 32.9. The van der Waals surface area contributed by atoms with Crippen LogP contribution in [0.5, 0.6) is 0 Å². The molecule has 0 N–H and O–H groups in total. The minimum Gasteiger partial charge on any atom is -0.463 e.